The monoisotopic (exact) mass is 360 g/mol. The smallest absolute Gasteiger partial charge is 0.257 e. The highest BCUT2D eigenvalue weighted by molar-refractivity contribution is 6.31. The number of aryl methyl sites for hydroxylation is 1. The van der Waals surface area contributed by atoms with E-state index in [2.05, 4.69) is 10.5 Å². The maximum absolute atomic E-state index is 12.6. The van der Waals surface area contributed by atoms with Gasteiger partial charge in [0.25, 0.3) is 5.91 Å². The number of nitrogens with one attached hydrogen (secondary N) is 1. The Morgan fingerprint density at radius 1 is 1.12 bits per heavy atom. The van der Waals surface area contributed by atoms with Crippen molar-refractivity contribution in [2.24, 2.45) is 0 Å². The average Bonchev–Trinajstić information content (AvgIpc) is 2.94. The number of hydrogen-bond donors (Lipinski definition) is 1. The molecule has 3 aromatic rings. The molecule has 0 aliphatic rings. The lowest BCUT2D eigenvalue weighted by atomic mass is 10.1. The lowest BCUT2D eigenvalue weighted by Crippen LogP contribution is -2.23. The Bertz CT molecular complexity index is 890. The van der Waals surface area contributed by atoms with E-state index < -0.39 is 0 Å². The fourth-order valence-corrected chi connectivity index (χ4v) is 2.79. The van der Waals surface area contributed by atoms with Crippen LogP contribution in [-0.4, -0.2) is 11.1 Å². The fraction of sp³-hybridized carbons (Fsp3) is 0.111. The fourth-order valence-electron chi connectivity index (χ4n) is 2.39. The second-order valence-electron chi connectivity index (χ2n) is 5.29. The van der Waals surface area contributed by atoms with Crippen LogP contribution < -0.4 is 5.32 Å². The van der Waals surface area contributed by atoms with Gasteiger partial charge in [0.2, 0.25) is 0 Å². The predicted octanol–water partition coefficient (Wildman–Crippen LogP) is 4.89. The molecular formula is C18H14Cl2N2O2. The molecule has 0 radical (unpaired) electrons. The summed E-state index contributed by atoms with van der Waals surface area (Å²) in [5.41, 5.74) is 2.51. The third-order valence-electron chi connectivity index (χ3n) is 3.53. The average molecular weight is 361 g/mol. The van der Waals surface area contributed by atoms with Gasteiger partial charge in [-0.15, -0.1) is 0 Å². The van der Waals surface area contributed by atoms with Crippen molar-refractivity contribution in [3.8, 4) is 11.3 Å². The zero-order valence-electron chi connectivity index (χ0n) is 12.8. The summed E-state index contributed by atoms with van der Waals surface area (Å²) < 4.78 is 5.21. The van der Waals surface area contributed by atoms with Crippen LogP contribution in [0.2, 0.25) is 10.0 Å². The molecule has 0 atom stereocenters. The number of nitrogens with zero attached hydrogens (tertiary/aromatic N) is 1. The molecule has 122 valence electrons. The van der Waals surface area contributed by atoms with Crippen LogP contribution in [0.25, 0.3) is 11.3 Å². The highest BCUT2D eigenvalue weighted by Gasteiger charge is 2.21. The summed E-state index contributed by atoms with van der Waals surface area (Å²) in [5.74, 6) is 0.192. The molecule has 24 heavy (non-hydrogen) atoms. The Kier molecular flexibility index (Phi) is 4.88. The first-order valence-electron chi connectivity index (χ1n) is 7.29. The number of carbonyl (C=O) groups is 1. The van der Waals surface area contributed by atoms with Gasteiger partial charge in [0.15, 0.2) is 0 Å². The predicted molar refractivity (Wildman–Crippen MR) is 94.3 cm³/mol. The summed E-state index contributed by atoms with van der Waals surface area (Å²) in [7, 11) is 0. The first-order valence-corrected chi connectivity index (χ1v) is 8.05. The molecule has 1 heterocycles. The summed E-state index contributed by atoms with van der Waals surface area (Å²) >= 11 is 12.0. The van der Waals surface area contributed by atoms with E-state index in [1.165, 1.54) is 0 Å². The second kappa shape index (κ2) is 7.07. The SMILES string of the molecule is Cc1onc(-c2cccc(Cl)c2)c1C(=O)NCc1cccc(Cl)c1. The molecule has 0 saturated carbocycles. The van der Waals surface area contributed by atoms with Crippen LogP contribution in [0.15, 0.2) is 53.1 Å². The summed E-state index contributed by atoms with van der Waals surface area (Å²) in [6.45, 7) is 2.06. The highest BCUT2D eigenvalue weighted by atomic mass is 35.5. The molecule has 1 aromatic heterocycles. The number of rotatable bonds is 4. The van der Waals surface area contributed by atoms with Gasteiger partial charge >= 0.3 is 0 Å². The highest BCUT2D eigenvalue weighted by Crippen LogP contribution is 2.27. The molecule has 6 heteroatoms. The van der Waals surface area contributed by atoms with Crippen LogP contribution >= 0.6 is 23.2 Å². The molecule has 0 aliphatic heterocycles. The summed E-state index contributed by atoms with van der Waals surface area (Å²) in [5, 5.41) is 8.06. The van der Waals surface area contributed by atoms with Gasteiger partial charge in [-0.25, -0.2) is 0 Å². The number of aromatic nitrogens is 1. The largest absolute Gasteiger partial charge is 0.360 e. The molecule has 0 unspecified atom stereocenters. The Hall–Kier alpha value is -2.30. The minimum atomic E-state index is -0.260. The van der Waals surface area contributed by atoms with Crippen molar-refractivity contribution < 1.29 is 9.32 Å². The minimum absolute atomic E-state index is 0.260. The third kappa shape index (κ3) is 3.61. The van der Waals surface area contributed by atoms with Gasteiger partial charge in [-0.2, -0.15) is 0 Å². The molecule has 3 rings (SSSR count). The number of hydrogen-bond acceptors (Lipinski definition) is 3. The van der Waals surface area contributed by atoms with E-state index in [0.29, 0.717) is 33.6 Å². The van der Waals surface area contributed by atoms with Crippen molar-refractivity contribution in [2.75, 3.05) is 0 Å². The van der Waals surface area contributed by atoms with Crippen LogP contribution in [0.4, 0.5) is 0 Å². The normalized spacial score (nSPS) is 10.6. The topological polar surface area (TPSA) is 55.1 Å². The van der Waals surface area contributed by atoms with E-state index in [9.17, 15) is 4.79 Å². The van der Waals surface area contributed by atoms with Crippen LogP contribution in [0.1, 0.15) is 21.7 Å². The maximum atomic E-state index is 12.6. The van der Waals surface area contributed by atoms with E-state index in [-0.39, 0.29) is 5.91 Å². The lowest BCUT2D eigenvalue weighted by Gasteiger charge is -2.06. The van der Waals surface area contributed by atoms with Gasteiger partial charge in [-0.1, -0.05) is 52.6 Å². The van der Waals surface area contributed by atoms with Gasteiger partial charge < -0.3 is 9.84 Å². The minimum Gasteiger partial charge on any atom is -0.360 e. The van der Waals surface area contributed by atoms with E-state index in [0.717, 1.165) is 11.1 Å². The maximum Gasteiger partial charge on any atom is 0.257 e. The van der Waals surface area contributed by atoms with Crippen molar-refractivity contribution in [1.29, 1.82) is 0 Å². The molecule has 4 nitrogen and oxygen atoms in total. The molecule has 0 fully saturated rings. The molecule has 2 aromatic carbocycles. The molecular weight excluding hydrogens is 347 g/mol. The molecule has 0 spiro atoms. The number of amides is 1. The van der Waals surface area contributed by atoms with E-state index in [1.54, 1.807) is 37.3 Å². The number of benzene rings is 2. The molecule has 0 saturated heterocycles. The van der Waals surface area contributed by atoms with Gasteiger partial charge in [-0.3, -0.25) is 4.79 Å². The summed E-state index contributed by atoms with van der Waals surface area (Å²) in [4.78, 5) is 12.6. The van der Waals surface area contributed by atoms with E-state index >= 15 is 0 Å². The zero-order valence-corrected chi connectivity index (χ0v) is 14.4. The number of carbonyl (C=O) groups excluding carboxylic acids is 1. The van der Waals surface area contributed by atoms with Crippen LogP contribution in [0, 0.1) is 6.92 Å². The first kappa shape index (κ1) is 16.6. The Balaban J connectivity index is 1.84. The molecule has 0 bridgehead atoms. The Morgan fingerprint density at radius 3 is 2.54 bits per heavy atom. The van der Waals surface area contributed by atoms with Gasteiger partial charge in [0.1, 0.15) is 17.0 Å². The van der Waals surface area contributed by atoms with Crippen LogP contribution in [0.3, 0.4) is 0 Å². The summed E-state index contributed by atoms with van der Waals surface area (Å²) in [6.07, 6.45) is 0. The standard InChI is InChI=1S/C18H14Cl2N2O2/c1-11-16(17(22-24-11)13-5-3-7-15(20)9-13)18(23)21-10-12-4-2-6-14(19)8-12/h2-9H,10H2,1H3,(H,21,23). The van der Waals surface area contributed by atoms with Crippen LogP contribution in [-0.2, 0) is 6.54 Å². The van der Waals surface area contributed by atoms with Gasteiger partial charge in [-0.05, 0) is 36.8 Å². The first-order chi connectivity index (χ1) is 11.5. The van der Waals surface area contributed by atoms with Crippen molar-refractivity contribution in [3.63, 3.8) is 0 Å². The van der Waals surface area contributed by atoms with Crippen molar-refractivity contribution in [3.05, 3.63) is 75.5 Å². The van der Waals surface area contributed by atoms with E-state index in [4.69, 9.17) is 27.7 Å². The molecule has 0 aliphatic carbocycles. The zero-order chi connectivity index (χ0) is 17.1. The quantitative estimate of drug-likeness (QED) is 0.720. The summed E-state index contributed by atoms with van der Waals surface area (Å²) in [6, 6.07) is 14.5. The van der Waals surface area contributed by atoms with Gasteiger partial charge in [0, 0.05) is 22.2 Å². The third-order valence-corrected chi connectivity index (χ3v) is 4.00. The van der Waals surface area contributed by atoms with Crippen LogP contribution in [0.5, 0.6) is 0 Å². The Morgan fingerprint density at radius 2 is 1.83 bits per heavy atom. The number of halogens is 2. The van der Waals surface area contributed by atoms with Gasteiger partial charge in [0.05, 0.1) is 0 Å². The van der Waals surface area contributed by atoms with Crippen molar-refractivity contribution in [1.82, 2.24) is 10.5 Å². The van der Waals surface area contributed by atoms with Crippen molar-refractivity contribution >= 4 is 29.1 Å². The Labute approximate surface area is 149 Å². The van der Waals surface area contributed by atoms with Crippen molar-refractivity contribution in [2.45, 2.75) is 13.5 Å². The lowest BCUT2D eigenvalue weighted by molar-refractivity contribution is 0.0950. The second-order valence-corrected chi connectivity index (χ2v) is 6.16. The molecule has 1 N–H and O–H groups in total. The van der Waals surface area contributed by atoms with E-state index in [1.807, 2.05) is 18.2 Å². The molecule has 1 amide bonds.